The van der Waals surface area contributed by atoms with Gasteiger partial charge in [-0.3, -0.25) is 9.11 Å². The van der Waals surface area contributed by atoms with Gasteiger partial charge in [-0.2, -0.15) is 16.8 Å². The Labute approximate surface area is 171 Å². The molecule has 1 heterocycles. The molecule has 6 N–H and O–H groups in total. The summed E-state index contributed by atoms with van der Waals surface area (Å²) in [5, 5.41) is 20.8. The number of rotatable bonds is 8. The molecule has 0 aliphatic carbocycles. The number of esters is 1. The lowest BCUT2D eigenvalue weighted by atomic mass is 9.91. The van der Waals surface area contributed by atoms with Crippen LogP contribution in [0.25, 0.3) is 0 Å². The van der Waals surface area contributed by atoms with E-state index in [1.807, 2.05) is 0 Å². The van der Waals surface area contributed by atoms with Crippen molar-refractivity contribution in [3.8, 4) is 0 Å². The van der Waals surface area contributed by atoms with Crippen LogP contribution in [0.4, 0.5) is 0 Å². The van der Waals surface area contributed by atoms with Crippen molar-refractivity contribution in [2.45, 2.75) is 36.7 Å². The fourth-order valence-corrected chi connectivity index (χ4v) is 3.41. The van der Waals surface area contributed by atoms with Crippen LogP contribution in [0.2, 0.25) is 0 Å². The van der Waals surface area contributed by atoms with Gasteiger partial charge in [0.1, 0.15) is 24.9 Å². The van der Waals surface area contributed by atoms with Gasteiger partial charge in [-0.05, 0) is 5.56 Å². The van der Waals surface area contributed by atoms with Crippen LogP contribution >= 0.6 is 0 Å². The Bertz CT molecular complexity index is 951. The fourth-order valence-electron chi connectivity index (χ4n) is 2.58. The first-order chi connectivity index (χ1) is 13.7. The second-order valence-corrected chi connectivity index (χ2v) is 8.27. The molecular weight excluding hydrogens is 454 g/mol. The summed E-state index contributed by atoms with van der Waals surface area (Å²) in [5.74, 6) is -4.60. The summed E-state index contributed by atoms with van der Waals surface area (Å²) in [4.78, 5) is 12.4. The van der Waals surface area contributed by atoms with Crippen molar-refractivity contribution < 1.29 is 58.8 Å². The maximum Gasteiger partial charge on any atom is 0.397 e. The monoisotopic (exact) mass is 473 g/mol. The molecule has 14 nitrogen and oxygen atoms in total. The Hall–Kier alpha value is -1.73. The number of carbonyl (C=O) groups excluding carboxylic acids is 1. The van der Waals surface area contributed by atoms with Gasteiger partial charge in [0, 0.05) is 0 Å². The number of aliphatic hydroxyl groups excluding tert-OH is 1. The van der Waals surface area contributed by atoms with E-state index in [4.69, 9.17) is 24.3 Å². The first-order valence-corrected chi connectivity index (χ1v) is 10.8. The first kappa shape index (κ1) is 24.5. The molecule has 1 aromatic carbocycles. The number of hydrogen-bond acceptors (Lipinski definition) is 12. The standard InChI is InChI=1S/C14H19NO13S2/c15-12-10(16)11(28-30(22,23)24)9(7-26-29(19,20)21)27-14(12,18)13(17)25-6-8-4-2-1-3-5-8/h1-5,9-12,16,18H,6-7,15H2,(H,19,20,21)(H,22,23,24)/t9-,10+,11-,12-,14?/m1/s1. The third kappa shape index (κ3) is 6.38. The van der Waals surface area contributed by atoms with E-state index in [9.17, 15) is 31.8 Å². The van der Waals surface area contributed by atoms with E-state index in [1.165, 1.54) is 0 Å². The van der Waals surface area contributed by atoms with Crippen molar-refractivity contribution >= 4 is 26.8 Å². The highest BCUT2D eigenvalue weighted by Gasteiger charge is 2.59. The minimum atomic E-state index is -5.23. The average Bonchev–Trinajstić information content (AvgIpc) is 2.64. The first-order valence-electron chi connectivity index (χ1n) is 8.05. The van der Waals surface area contributed by atoms with Gasteiger partial charge in [-0.25, -0.2) is 13.2 Å². The molecule has 0 radical (unpaired) electrons. The Morgan fingerprint density at radius 3 is 2.27 bits per heavy atom. The topological polar surface area (TPSA) is 229 Å². The van der Waals surface area contributed by atoms with Gasteiger partial charge in [0.15, 0.2) is 0 Å². The molecule has 1 fully saturated rings. The number of benzene rings is 1. The van der Waals surface area contributed by atoms with E-state index in [1.54, 1.807) is 30.3 Å². The van der Waals surface area contributed by atoms with Crippen molar-refractivity contribution in [1.82, 2.24) is 0 Å². The number of hydrogen-bond donors (Lipinski definition) is 5. The molecule has 5 atom stereocenters. The SMILES string of the molecule is N[C@@H]1[C@@H](O)[C@H](OS(=O)(=O)O)[C@@H](COS(=O)(=O)O)OC1(O)C(=O)OCc1ccccc1. The number of aliphatic hydroxyl groups is 2. The van der Waals surface area contributed by atoms with Crippen LogP contribution in [0.1, 0.15) is 5.56 Å². The molecule has 1 unspecified atom stereocenters. The van der Waals surface area contributed by atoms with Crippen LogP contribution in [0, 0.1) is 0 Å². The smallest absolute Gasteiger partial charge is 0.397 e. The second kappa shape index (κ2) is 9.18. The van der Waals surface area contributed by atoms with E-state index < -0.39 is 63.5 Å². The molecule has 170 valence electrons. The molecule has 0 saturated carbocycles. The van der Waals surface area contributed by atoms with Crippen LogP contribution in [0.5, 0.6) is 0 Å². The quantitative estimate of drug-likeness (QED) is 0.194. The maximum atomic E-state index is 12.4. The van der Waals surface area contributed by atoms with Gasteiger partial charge in [0.25, 0.3) is 5.79 Å². The number of nitrogens with two attached hydrogens (primary N) is 1. The Kier molecular flexibility index (Phi) is 7.51. The summed E-state index contributed by atoms with van der Waals surface area (Å²) in [6.07, 6.45) is -6.36. The summed E-state index contributed by atoms with van der Waals surface area (Å²) in [6.45, 7) is -1.58. The molecule has 1 aromatic rings. The van der Waals surface area contributed by atoms with Gasteiger partial charge in [-0.15, -0.1) is 0 Å². The lowest BCUT2D eigenvalue weighted by Gasteiger charge is -2.45. The van der Waals surface area contributed by atoms with Gasteiger partial charge < -0.3 is 25.4 Å². The van der Waals surface area contributed by atoms with Gasteiger partial charge in [0.2, 0.25) is 0 Å². The minimum absolute atomic E-state index is 0.342. The highest BCUT2D eigenvalue weighted by Crippen LogP contribution is 2.31. The van der Waals surface area contributed by atoms with Crippen LogP contribution in [-0.4, -0.2) is 78.9 Å². The van der Waals surface area contributed by atoms with E-state index in [-0.39, 0.29) is 6.61 Å². The fraction of sp³-hybridized carbons (Fsp3) is 0.500. The summed E-state index contributed by atoms with van der Waals surface area (Å²) < 4.78 is 79.2. The van der Waals surface area contributed by atoms with Crippen LogP contribution in [0.15, 0.2) is 30.3 Å². The minimum Gasteiger partial charge on any atom is -0.457 e. The highest BCUT2D eigenvalue weighted by molar-refractivity contribution is 7.81. The van der Waals surface area contributed by atoms with Crippen LogP contribution in [0.3, 0.4) is 0 Å². The van der Waals surface area contributed by atoms with Gasteiger partial charge in [0.05, 0.1) is 12.6 Å². The van der Waals surface area contributed by atoms with Crippen molar-refractivity contribution in [3.63, 3.8) is 0 Å². The van der Waals surface area contributed by atoms with Crippen LogP contribution < -0.4 is 5.73 Å². The molecule has 0 amide bonds. The van der Waals surface area contributed by atoms with Crippen molar-refractivity contribution in [2.75, 3.05) is 6.61 Å². The Morgan fingerprint density at radius 2 is 1.73 bits per heavy atom. The molecule has 16 heteroatoms. The average molecular weight is 473 g/mol. The zero-order valence-corrected chi connectivity index (χ0v) is 16.6. The van der Waals surface area contributed by atoms with Gasteiger partial charge in [-0.1, -0.05) is 30.3 Å². The number of ether oxygens (including phenoxy) is 2. The molecule has 0 bridgehead atoms. The predicted octanol–water partition coefficient (Wildman–Crippen LogP) is -2.49. The molecule has 0 spiro atoms. The molecular formula is C14H19NO13S2. The predicted molar refractivity (Wildman–Crippen MR) is 94.0 cm³/mol. The van der Waals surface area contributed by atoms with Gasteiger partial charge >= 0.3 is 26.8 Å². The van der Waals surface area contributed by atoms with Crippen molar-refractivity contribution in [1.29, 1.82) is 0 Å². The van der Waals surface area contributed by atoms with E-state index in [2.05, 4.69) is 8.37 Å². The Morgan fingerprint density at radius 1 is 1.13 bits per heavy atom. The molecule has 1 aliphatic heterocycles. The molecule has 1 aliphatic rings. The summed E-state index contributed by atoms with van der Waals surface area (Å²) in [5.41, 5.74) is 6.10. The molecule has 1 saturated heterocycles. The third-order valence-corrected chi connectivity index (χ3v) is 4.87. The zero-order chi connectivity index (χ0) is 22.7. The number of carbonyl (C=O) groups is 1. The Balaban J connectivity index is 2.25. The zero-order valence-electron chi connectivity index (χ0n) is 15.0. The summed E-state index contributed by atoms with van der Waals surface area (Å²) in [7, 11) is -10.3. The molecule has 2 rings (SSSR count). The van der Waals surface area contributed by atoms with Crippen molar-refractivity contribution in [3.05, 3.63) is 35.9 Å². The van der Waals surface area contributed by atoms with E-state index >= 15 is 0 Å². The lowest BCUT2D eigenvalue weighted by molar-refractivity contribution is -0.304. The van der Waals surface area contributed by atoms with Crippen LogP contribution in [-0.2, 0) is 50.0 Å². The van der Waals surface area contributed by atoms with E-state index in [0.29, 0.717) is 5.56 Å². The van der Waals surface area contributed by atoms with Crippen molar-refractivity contribution in [2.24, 2.45) is 5.73 Å². The second-order valence-electron chi connectivity index (χ2n) is 6.13. The lowest BCUT2D eigenvalue weighted by Crippen LogP contribution is -2.72. The van der Waals surface area contributed by atoms with E-state index in [0.717, 1.165) is 0 Å². The maximum absolute atomic E-state index is 12.4. The highest BCUT2D eigenvalue weighted by atomic mass is 32.3. The normalized spacial score (nSPS) is 30.0. The molecule has 0 aromatic heterocycles. The summed E-state index contributed by atoms with van der Waals surface area (Å²) in [6, 6.07) is 6.10. The largest absolute Gasteiger partial charge is 0.457 e. The molecule has 30 heavy (non-hydrogen) atoms. The third-order valence-electron chi connectivity index (χ3n) is 3.97. The summed E-state index contributed by atoms with van der Waals surface area (Å²) >= 11 is 0.